The molecule has 2 aliphatic rings. The van der Waals surface area contributed by atoms with Crippen LogP contribution in [0.15, 0.2) is 36.5 Å². The zero-order valence-electron chi connectivity index (χ0n) is 18.5. The van der Waals surface area contributed by atoms with Gasteiger partial charge in [0, 0.05) is 36.3 Å². The van der Waals surface area contributed by atoms with E-state index in [1.54, 1.807) is 0 Å². The summed E-state index contributed by atoms with van der Waals surface area (Å²) in [4.78, 5) is 25.9. The third kappa shape index (κ3) is 5.31. The number of aromatic amines is 1. The summed E-state index contributed by atoms with van der Waals surface area (Å²) in [6.07, 6.45) is 8.59. The van der Waals surface area contributed by atoms with Gasteiger partial charge in [-0.15, -0.1) is 0 Å². The fraction of sp³-hybridized carbons (Fsp3) is 0.480. The van der Waals surface area contributed by atoms with Gasteiger partial charge >= 0.3 is 5.97 Å². The van der Waals surface area contributed by atoms with E-state index >= 15 is 0 Å². The van der Waals surface area contributed by atoms with E-state index in [4.69, 9.17) is 26.4 Å². The molecule has 1 aliphatic heterocycles. The minimum atomic E-state index is -0.684. The molecule has 0 atom stereocenters. The van der Waals surface area contributed by atoms with Gasteiger partial charge in [-0.2, -0.15) is 0 Å². The van der Waals surface area contributed by atoms with E-state index in [1.165, 1.54) is 0 Å². The van der Waals surface area contributed by atoms with E-state index in [-0.39, 0.29) is 12.2 Å². The number of ether oxygens (including phenoxy) is 1. The summed E-state index contributed by atoms with van der Waals surface area (Å²) >= 11 is 6.07. The summed E-state index contributed by atoms with van der Waals surface area (Å²) in [6.45, 7) is 1.85. The van der Waals surface area contributed by atoms with Crippen LogP contribution in [0.4, 0.5) is 5.82 Å². The van der Waals surface area contributed by atoms with E-state index in [2.05, 4.69) is 27.0 Å². The molecule has 1 saturated heterocycles. The quantitative estimate of drug-likeness (QED) is 0.510. The third-order valence-corrected chi connectivity index (χ3v) is 7.11. The molecule has 2 fully saturated rings. The van der Waals surface area contributed by atoms with Crippen LogP contribution in [0.3, 0.4) is 0 Å². The summed E-state index contributed by atoms with van der Waals surface area (Å²) in [7, 11) is 0. The highest BCUT2D eigenvalue weighted by Crippen LogP contribution is 2.31. The lowest BCUT2D eigenvalue weighted by molar-refractivity contribution is -0.138. The van der Waals surface area contributed by atoms with Crippen LogP contribution in [0.25, 0.3) is 22.4 Å². The molecule has 3 heterocycles. The number of benzene rings is 1. The van der Waals surface area contributed by atoms with Gasteiger partial charge in [0.25, 0.3) is 0 Å². The molecule has 2 aromatic heterocycles. The van der Waals surface area contributed by atoms with Crippen LogP contribution in [-0.2, 0) is 9.53 Å². The lowest BCUT2D eigenvalue weighted by Gasteiger charge is -2.36. The molecule has 5 rings (SSSR count). The van der Waals surface area contributed by atoms with Crippen LogP contribution in [0.1, 0.15) is 44.9 Å². The molecule has 174 valence electrons. The summed E-state index contributed by atoms with van der Waals surface area (Å²) in [5, 5.41) is 9.65. The first-order valence-corrected chi connectivity index (χ1v) is 12.1. The number of halogens is 1. The molecule has 3 aromatic rings. The molecule has 1 aliphatic carbocycles. The second-order valence-electron chi connectivity index (χ2n) is 9.22. The van der Waals surface area contributed by atoms with Crippen LogP contribution in [0.5, 0.6) is 0 Å². The molecule has 1 aromatic carbocycles. The molecule has 7 nitrogen and oxygen atoms in total. The monoisotopic (exact) mass is 468 g/mol. The van der Waals surface area contributed by atoms with E-state index < -0.39 is 5.97 Å². The Morgan fingerprint density at radius 3 is 2.55 bits per heavy atom. The number of nitrogens with zero attached hydrogens (tertiary/aromatic N) is 3. The molecule has 2 N–H and O–H groups in total. The average Bonchev–Trinajstić information content (AvgIpc) is 3.24. The number of carboxylic acids is 1. The number of aliphatic carboxylic acids is 1. The Morgan fingerprint density at radius 1 is 1.09 bits per heavy atom. The molecule has 1 saturated carbocycles. The van der Waals surface area contributed by atoms with Gasteiger partial charge in [0.05, 0.1) is 23.2 Å². The van der Waals surface area contributed by atoms with Crippen molar-refractivity contribution in [2.75, 3.05) is 18.0 Å². The fourth-order valence-corrected chi connectivity index (χ4v) is 5.21. The van der Waals surface area contributed by atoms with Gasteiger partial charge in [0.15, 0.2) is 0 Å². The van der Waals surface area contributed by atoms with Gasteiger partial charge in [-0.25, -0.2) is 9.97 Å². The highest BCUT2D eigenvalue weighted by Gasteiger charge is 2.28. The van der Waals surface area contributed by atoms with Crippen molar-refractivity contribution >= 4 is 34.4 Å². The maximum absolute atomic E-state index is 10.9. The van der Waals surface area contributed by atoms with Crippen LogP contribution < -0.4 is 4.90 Å². The molecular weight excluding hydrogens is 440 g/mol. The minimum absolute atomic E-state index is 0.280. The second kappa shape index (κ2) is 9.69. The number of nitrogens with one attached hydrogen (secondary N) is 1. The number of hydrogen-bond acceptors (Lipinski definition) is 5. The van der Waals surface area contributed by atoms with Crippen molar-refractivity contribution in [2.45, 2.75) is 57.2 Å². The number of H-pyrrole nitrogens is 1. The summed E-state index contributed by atoms with van der Waals surface area (Å²) in [5.74, 6) is 1.40. The fourth-order valence-electron chi connectivity index (χ4n) is 5.04. The number of piperidine rings is 1. The van der Waals surface area contributed by atoms with Crippen molar-refractivity contribution in [3.8, 4) is 11.4 Å². The molecule has 8 heteroatoms. The maximum atomic E-state index is 10.9. The van der Waals surface area contributed by atoms with Gasteiger partial charge in [-0.05, 0) is 74.8 Å². The van der Waals surface area contributed by atoms with Gasteiger partial charge in [0.1, 0.15) is 11.6 Å². The number of rotatable bonds is 6. The van der Waals surface area contributed by atoms with Crippen molar-refractivity contribution < 1.29 is 14.6 Å². The lowest BCUT2D eigenvalue weighted by Crippen LogP contribution is -2.39. The Labute approximate surface area is 198 Å². The first-order valence-electron chi connectivity index (χ1n) is 11.8. The summed E-state index contributed by atoms with van der Waals surface area (Å²) in [5.41, 5.74) is 2.75. The smallest absolute Gasteiger partial charge is 0.303 e. The SMILES string of the molecule is O=C(O)CC1CCC(OC2CCN(c3ccc(-c4nc5cc(Cl)ccc5[nH]4)cn3)CC2)CC1. The highest BCUT2D eigenvalue weighted by atomic mass is 35.5. The van der Waals surface area contributed by atoms with Crippen molar-refractivity contribution in [3.63, 3.8) is 0 Å². The maximum Gasteiger partial charge on any atom is 0.303 e. The zero-order chi connectivity index (χ0) is 22.8. The van der Waals surface area contributed by atoms with Gasteiger partial charge < -0.3 is 19.7 Å². The van der Waals surface area contributed by atoms with Crippen molar-refractivity contribution in [1.29, 1.82) is 0 Å². The minimum Gasteiger partial charge on any atom is -0.481 e. The lowest BCUT2D eigenvalue weighted by atomic mass is 9.85. The largest absolute Gasteiger partial charge is 0.481 e. The zero-order valence-corrected chi connectivity index (χ0v) is 19.3. The predicted octanol–water partition coefficient (Wildman–Crippen LogP) is 5.30. The second-order valence-corrected chi connectivity index (χ2v) is 9.65. The van der Waals surface area contributed by atoms with E-state index in [1.807, 2.05) is 24.4 Å². The van der Waals surface area contributed by atoms with Crippen LogP contribution >= 0.6 is 11.6 Å². The van der Waals surface area contributed by atoms with E-state index in [0.29, 0.717) is 17.4 Å². The van der Waals surface area contributed by atoms with E-state index in [0.717, 1.165) is 79.9 Å². The first-order chi connectivity index (χ1) is 16.0. The van der Waals surface area contributed by atoms with Crippen LogP contribution in [0.2, 0.25) is 5.02 Å². The van der Waals surface area contributed by atoms with E-state index in [9.17, 15) is 4.79 Å². The Kier molecular flexibility index (Phi) is 6.51. The molecule has 0 radical (unpaired) electrons. The van der Waals surface area contributed by atoms with Gasteiger partial charge in [-0.3, -0.25) is 4.79 Å². The Bertz CT molecular complexity index is 1100. The molecule has 0 unspecified atom stereocenters. The number of anilines is 1. The van der Waals surface area contributed by atoms with Crippen molar-refractivity contribution in [3.05, 3.63) is 41.6 Å². The van der Waals surface area contributed by atoms with Gasteiger partial charge in [0.2, 0.25) is 0 Å². The molecule has 33 heavy (non-hydrogen) atoms. The summed E-state index contributed by atoms with van der Waals surface area (Å²) < 4.78 is 6.37. The third-order valence-electron chi connectivity index (χ3n) is 6.87. The first kappa shape index (κ1) is 22.2. The normalized spacial score (nSPS) is 22.0. The number of fused-ring (bicyclic) bond motifs is 1. The molecular formula is C25H29ClN4O3. The Morgan fingerprint density at radius 2 is 1.85 bits per heavy atom. The number of pyridine rings is 1. The number of aromatic nitrogens is 3. The number of hydrogen-bond donors (Lipinski definition) is 2. The van der Waals surface area contributed by atoms with Crippen molar-refractivity contribution in [2.24, 2.45) is 5.92 Å². The highest BCUT2D eigenvalue weighted by molar-refractivity contribution is 6.31. The summed E-state index contributed by atoms with van der Waals surface area (Å²) in [6, 6.07) is 9.75. The molecule has 0 amide bonds. The number of carbonyl (C=O) groups is 1. The number of carboxylic acid groups (broad SMARTS) is 1. The molecule has 0 bridgehead atoms. The predicted molar refractivity (Wildman–Crippen MR) is 129 cm³/mol. The van der Waals surface area contributed by atoms with Gasteiger partial charge in [-0.1, -0.05) is 11.6 Å². The average molecular weight is 469 g/mol. The standard InChI is InChI=1S/C25H29ClN4O3/c26-18-4-7-21-22(14-18)29-25(28-21)17-3-8-23(27-15-17)30-11-9-20(10-12-30)33-19-5-1-16(2-6-19)13-24(31)32/h3-4,7-8,14-16,19-20H,1-2,5-6,9-13H2,(H,28,29)(H,31,32). The Hall–Kier alpha value is -2.64. The topological polar surface area (TPSA) is 91.3 Å². The van der Waals surface area contributed by atoms with Crippen LogP contribution in [0, 0.1) is 5.92 Å². The van der Waals surface area contributed by atoms with Crippen LogP contribution in [-0.4, -0.2) is 51.3 Å². The van der Waals surface area contributed by atoms with Crippen molar-refractivity contribution in [1.82, 2.24) is 15.0 Å². The Balaban J connectivity index is 1.12. The number of imidazole rings is 1. The molecule has 0 spiro atoms.